The maximum absolute atomic E-state index is 5.25. The number of likely N-dealkylation sites (tertiary alicyclic amines) is 1. The van der Waals surface area contributed by atoms with Gasteiger partial charge in [-0.2, -0.15) is 0 Å². The number of likely N-dealkylation sites (N-methyl/N-ethyl adjacent to an activating group) is 1. The van der Waals surface area contributed by atoms with E-state index in [1.54, 1.807) is 0 Å². The largest absolute Gasteiger partial charge is 0.308 e. The average Bonchev–Trinajstić information content (AvgIpc) is 2.52. The van der Waals surface area contributed by atoms with Crippen molar-refractivity contribution in [1.82, 2.24) is 9.80 Å². The number of hydrogen-bond donors (Lipinski definition) is 0. The van der Waals surface area contributed by atoms with E-state index in [2.05, 4.69) is 29.8 Å². The van der Waals surface area contributed by atoms with Gasteiger partial charge in [-0.25, -0.2) is 0 Å². The second-order valence-electron chi connectivity index (χ2n) is 4.40. The zero-order chi connectivity index (χ0) is 10.4. The summed E-state index contributed by atoms with van der Waals surface area (Å²) in [5.41, 5.74) is 0. The van der Waals surface area contributed by atoms with Crippen LogP contribution in [0.3, 0.4) is 0 Å². The minimum atomic E-state index is 0.766. The second-order valence-corrected chi connectivity index (χ2v) is 4.40. The van der Waals surface area contributed by atoms with Gasteiger partial charge in [-0.15, -0.1) is 12.3 Å². The third kappa shape index (κ3) is 3.69. The van der Waals surface area contributed by atoms with Crippen LogP contribution < -0.4 is 0 Å². The number of rotatable bonds is 5. The Bertz CT molecular complexity index is 193. The highest BCUT2D eigenvalue weighted by Crippen LogP contribution is 2.17. The third-order valence-electron chi connectivity index (χ3n) is 2.84. The summed E-state index contributed by atoms with van der Waals surface area (Å²) in [5, 5.41) is 0. The van der Waals surface area contributed by atoms with E-state index < -0.39 is 0 Å². The smallest absolute Gasteiger partial charge is 0.0223 e. The van der Waals surface area contributed by atoms with Crippen LogP contribution in [0.15, 0.2) is 0 Å². The lowest BCUT2D eigenvalue weighted by molar-refractivity contribution is 0.207. The van der Waals surface area contributed by atoms with Crippen LogP contribution in [0, 0.1) is 12.3 Å². The van der Waals surface area contributed by atoms with Crippen molar-refractivity contribution in [2.45, 2.75) is 31.7 Å². The number of nitrogens with zero attached hydrogens (tertiary/aromatic N) is 2. The van der Waals surface area contributed by atoms with Crippen LogP contribution in [-0.4, -0.2) is 49.6 Å². The highest BCUT2D eigenvalue weighted by Gasteiger charge is 2.23. The molecule has 1 heterocycles. The summed E-state index contributed by atoms with van der Waals surface area (Å²) in [5.74, 6) is 2.71. The standard InChI is InChI=1S/C12H22N2/c1-4-5-6-9-14-10-7-8-12(14)11-13(2)3/h1,12H,5-11H2,2-3H3. The molecular weight excluding hydrogens is 172 g/mol. The maximum Gasteiger partial charge on any atom is 0.0223 e. The number of unbranched alkanes of at least 4 members (excludes halogenated alkanes) is 1. The Morgan fingerprint density at radius 1 is 1.50 bits per heavy atom. The zero-order valence-corrected chi connectivity index (χ0v) is 9.50. The normalized spacial score (nSPS) is 22.9. The van der Waals surface area contributed by atoms with E-state index in [9.17, 15) is 0 Å². The van der Waals surface area contributed by atoms with Crippen LogP contribution >= 0.6 is 0 Å². The highest BCUT2D eigenvalue weighted by atomic mass is 15.2. The molecule has 1 aliphatic heterocycles. The third-order valence-corrected chi connectivity index (χ3v) is 2.84. The monoisotopic (exact) mass is 194 g/mol. The Balaban J connectivity index is 2.25. The lowest BCUT2D eigenvalue weighted by atomic mass is 10.2. The molecular formula is C12H22N2. The molecule has 0 spiro atoms. The summed E-state index contributed by atoms with van der Waals surface area (Å²) in [6.45, 7) is 3.64. The van der Waals surface area contributed by atoms with Gasteiger partial charge < -0.3 is 4.90 Å². The van der Waals surface area contributed by atoms with Crippen molar-refractivity contribution >= 4 is 0 Å². The molecule has 0 N–H and O–H groups in total. The van der Waals surface area contributed by atoms with Crippen molar-refractivity contribution in [3.63, 3.8) is 0 Å². The minimum absolute atomic E-state index is 0.766. The Kier molecular flexibility index (Phi) is 5.00. The van der Waals surface area contributed by atoms with Gasteiger partial charge in [0.1, 0.15) is 0 Å². The van der Waals surface area contributed by atoms with E-state index in [0.29, 0.717) is 0 Å². The summed E-state index contributed by atoms with van der Waals surface area (Å²) in [6, 6.07) is 0.766. The molecule has 0 radical (unpaired) electrons. The molecule has 1 unspecified atom stereocenters. The van der Waals surface area contributed by atoms with Gasteiger partial charge in [0.2, 0.25) is 0 Å². The van der Waals surface area contributed by atoms with E-state index in [1.165, 1.54) is 32.5 Å². The molecule has 1 saturated heterocycles. The average molecular weight is 194 g/mol. The molecule has 2 heteroatoms. The molecule has 1 fully saturated rings. The quantitative estimate of drug-likeness (QED) is 0.482. The van der Waals surface area contributed by atoms with E-state index in [0.717, 1.165) is 18.9 Å². The van der Waals surface area contributed by atoms with Gasteiger partial charge in [-0.05, 0) is 46.4 Å². The molecule has 0 saturated carbocycles. The molecule has 1 aliphatic rings. The van der Waals surface area contributed by atoms with Crippen molar-refractivity contribution in [2.24, 2.45) is 0 Å². The van der Waals surface area contributed by atoms with Gasteiger partial charge in [0.05, 0.1) is 0 Å². The lowest BCUT2D eigenvalue weighted by Crippen LogP contribution is -2.37. The van der Waals surface area contributed by atoms with Crippen LogP contribution in [0.5, 0.6) is 0 Å². The first-order chi connectivity index (χ1) is 6.74. The molecule has 0 aromatic rings. The SMILES string of the molecule is C#CCCCN1CCCC1CN(C)C. The Morgan fingerprint density at radius 2 is 2.29 bits per heavy atom. The maximum atomic E-state index is 5.25. The van der Waals surface area contributed by atoms with Crippen LogP contribution in [0.1, 0.15) is 25.7 Å². The molecule has 0 amide bonds. The summed E-state index contributed by atoms with van der Waals surface area (Å²) < 4.78 is 0. The van der Waals surface area contributed by atoms with E-state index in [1.807, 2.05) is 0 Å². The second kappa shape index (κ2) is 6.06. The van der Waals surface area contributed by atoms with E-state index in [4.69, 9.17) is 6.42 Å². The summed E-state index contributed by atoms with van der Waals surface area (Å²) in [4.78, 5) is 4.88. The van der Waals surface area contributed by atoms with Crippen LogP contribution in [0.2, 0.25) is 0 Å². The first-order valence-electron chi connectivity index (χ1n) is 5.56. The van der Waals surface area contributed by atoms with Crippen LogP contribution in [0.25, 0.3) is 0 Å². The van der Waals surface area contributed by atoms with Gasteiger partial charge in [-0.1, -0.05) is 0 Å². The highest BCUT2D eigenvalue weighted by molar-refractivity contribution is 4.85. The number of terminal acetylenes is 1. The zero-order valence-electron chi connectivity index (χ0n) is 9.50. The summed E-state index contributed by atoms with van der Waals surface area (Å²) >= 11 is 0. The molecule has 0 aliphatic carbocycles. The fourth-order valence-corrected chi connectivity index (χ4v) is 2.20. The Labute approximate surface area is 88.3 Å². The van der Waals surface area contributed by atoms with Crippen LogP contribution in [-0.2, 0) is 0 Å². The lowest BCUT2D eigenvalue weighted by Gasteiger charge is -2.26. The van der Waals surface area contributed by atoms with Gasteiger partial charge in [0.25, 0.3) is 0 Å². The van der Waals surface area contributed by atoms with Gasteiger partial charge in [-0.3, -0.25) is 4.90 Å². The number of hydrogen-bond acceptors (Lipinski definition) is 2. The fraction of sp³-hybridized carbons (Fsp3) is 0.833. The van der Waals surface area contributed by atoms with Gasteiger partial charge >= 0.3 is 0 Å². The van der Waals surface area contributed by atoms with E-state index >= 15 is 0 Å². The molecule has 14 heavy (non-hydrogen) atoms. The molecule has 1 rings (SSSR count). The first-order valence-corrected chi connectivity index (χ1v) is 5.56. The molecule has 0 aromatic heterocycles. The predicted molar refractivity (Wildman–Crippen MR) is 61.2 cm³/mol. The fourth-order valence-electron chi connectivity index (χ4n) is 2.20. The van der Waals surface area contributed by atoms with Crippen LogP contribution in [0.4, 0.5) is 0 Å². The van der Waals surface area contributed by atoms with Crippen molar-refractivity contribution in [2.75, 3.05) is 33.7 Å². The first kappa shape index (κ1) is 11.6. The minimum Gasteiger partial charge on any atom is -0.308 e. The Morgan fingerprint density at radius 3 is 2.93 bits per heavy atom. The summed E-state index contributed by atoms with van der Waals surface area (Å²) in [6.07, 6.45) is 10.0. The summed E-state index contributed by atoms with van der Waals surface area (Å²) in [7, 11) is 4.30. The van der Waals surface area contributed by atoms with Crippen molar-refractivity contribution in [1.29, 1.82) is 0 Å². The molecule has 0 bridgehead atoms. The predicted octanol–water partition coefficient (Wildman–Crippen LogP) is 1.43. The topological polar surface area (TPSA) is 6.48 Å². The van der Waals surface area contributed by atoms with Crippen molar-refractivity contribution in [3.8, 4) is 12.3 Å². The van der Waals surface area contributed by atoms with Gasteiger partial charge in [0, 0.05) is 19.0 Å². The molecule has 0 aromatic carbocycles. The molecule has 80 valence electrons. The van der Waals surface area contributed by atoms with E-state index in [-0.39, 0.29) is 0 Å². The molecule has 1 atom stereocenters. The van der Waals surface area contributed by atoms with Gasteiger partial charge in [0.15, 0.2) is 0 Å². The Hall–Kier alpha value is -0.520. The van der Waals surface area contributed by atoms with Crippen molar-refractivity contribution in [3.05, 3.63) is 0 Å². The van der Waals surface area contributed by atoms with Crippen molar-refractivity contribution < 1.29 is 0 Å². The molecule has 2 nitrogen and oxygen atoms in total.